The van der Waals surface area contributed by atoms with Crippen molar-refractivity contribution in [3.8, 4) is 0 Å². The normalized spacial score (nSPS) is 12.5. The van der Waals surface area contributed by atoms with E-state index >= 15 is 4.11 Å². The predicted octanol–water partition coefficient (Wildman–Crippen LogP) is 3.12. The number of hydrogen-bond donors (Lipinski definition) is 1. The fourth-order valence-electron chi connectivity index (χ4n) is 2.20. The fraction of sp³-hybridized carbons (Fsp3) is 0.538. The van der Waals surface area contributed by atoms with Crippen molar-refractivity contribution >= 4 is 13.6 Å². The number of halogens is 1. The lowest BCUT2D eigenvalue weighted by Gasteiger charge is -2.30. The second-order valence-corrected chi connectivity index (χ2v) is 9.36. The molecule has 1 N–H and O–H groups in total. The summed E-state index contributed by atoms with van der Waals surface area (Å²) in [5.41, 5.74) is 0.993. The predicted molar refractivity (Wildman–Crippen MR) is 69.1 cm³/mol. The van der Waals surface area contributed by atoms with E-state index in [2.05, 4.69) is 0 Å². The van der Waals surface area contributed by atoms with Crippen molar-refractivity contribution in [2.75, 3.05) is 0 Å². The second kappa shape index (κ2) is 5.10. The Morgan fingerprint density at radius 2 is 1.50 bits per heavy atom. The highest BCUT2D eigenvalue weighted by Gasteiger charge is 2.43. The summed E-state index contributed by atoms with van der Waals surface area (Å²) in [6.07, 6.45) is 0. The Kier molecular flexibility index (Phi) is 4.27. The van der Waals surface area contributed by atoms with E-state index < -0.39 is 8.41 Å². The van der Waals surface area contributed by atoms with Crippen LogP contribution in [0.2, 0.25) is 11.1 Å². The highest BCUT2D eigenvalue weighted by molar-refractivity contribution is 6.88. The van der Waals surface area contributed by atoms with Crippen LogP contribution in [0.3, 0.4) is 0 Å². The van der Waals surface area contributed by atoms with Gasteiger partial charge in [0.1, 0.15) is 0 Å². The summed E-state index contributed by atoms with van der Waals surface area (Å²) in [5.74, 6) is 0. The minimum absolute atomic E-state index is 0.0183. The van der Waals surface area contributed by atoms with E-state index in [4.69, 9.17) is 5.11 Å². The molecule has 0 aromatic heterocycles. The van der Waals surface area contributed by atoms with Crippen LogP contribution in [0.1, 0.15) is 33.3 Å². The Morgan fingerprint density at radius 1 is 1.06 bits per heavy atom. The Labute approximate surface area is 98.5 Å². The third-order valence-electron chi connectivity index (χ3n) is 3.26. The lowest BCUT2D eigenvalue weighted by Crippen LogP contribution is -2.49. The average Bonchev–Trinajstić information content (AvgIpc) is 2.27. The molecule has 0 saturated heterocycles. The second-order valence-electron chi connectivity index (χ2n) is 4.93. The van der Waals surface area contributed by atoms with E-state index in [1.54, 1.807) is 0 Å². The smallest absolute Gasteiger partial charge is 0.282 e. The van der Waals surface area contributed by atoms with E-state index in [0.29, 0.717) is 0 Å². The van der Waals surface area contributed by atoms with Crippen molar-refractivity contribution in [1.82, 2.24) is 0 Å². The molecule has 0 fully saturated rings. The molecule has 0 spiro atoms. The first kappa shape index (κ1) is 13.4. The topological polar surface area (TPSA) is 20.2 Å². The van der Waals surface area contributed by atoms with Crippen LogP contribution in [-0.2, 0) is 6.61 Å². The molecule has 0 heterocycles. The monoisotopic (exact) mass is 240 g/mol. The van der Waals surface area contributed by atoms with Crippen LogP contribution in [0, 0.1) is 0 Å². The average molecular weight is 240 g/mol. The van der Waals surface area contributed by atoms with E-state index in [-0.39, 0.29) is 17.7 Å². The summed E-state index contributed by atoms with van der Waals surface area (Å²) in [4.78, 5) is 0. The molecular weight excluding hydrogens is 219 g/mol. The third kappa shape index (κ3) is 2.35. The zero-order valence-corrected chi connectivity index (χ0v) is 11.5. The first-order valence-electron chi connectivity index (χ1n) is 5.82. The molecule has 0 aliphatic rings. The minimum Gasteiger partial charge on any atom is -0.392 e. The van der Waals surface area contributed by atoms with E-state index in [0.717, 1.165) is 10.8 Å². The maximum absolute atomic E-state index is 15.1. The van der Waals surface area contributed by atoms with Crippen molar-refractivity contribution in [1.29, 1.82) is 0 Å². The summed E-state index contributed by atoms with van der Waals surface area (Å²) >= 11 is 0. The Hall–Kier alpha value is -0.673. The van der Waals surface area contributed by atoms with Crippen LogP contribution in [-0.4, -0.2) is 13.5 Å². The largest absolute Gasteiger partial charge is 0.392 e. The van der Waals surface area contributed by atoms with Crippen molar-refractivity contribution in [3.63, 3.8) is 0 Å². The number of benzene rings is 1. The molecule has 0 atom stereocenters. The summed E-state index contributed by atoms with van der Waals surface area (Å²) in [7, 11) is -2.90. The third-order valence-corrected chi connectivity index (χ3v) is 7.84. The molecule has 90 valence electrons. The fourth-order valence-corrected chi connectivity index (χ4v) is 5.54. The molecule has 1 aromatic rings. The maximum atomic E-state index is 15.1. The van der Waals surface area contributed by atoms with Crippen molar-refractivity contribution in [2.24, 2.45) is 0 Å². The first-order chi connectivity index (χ1) is 7.42. The van der Waals surface area contributed by atoms with Gasteiger partial charge in [0.25, 0.3) is 8.41 Å². The molecule has 16 heavy (non-hydrogen) atoms. The van der Waals surface area contributed by atoms with E-state index in [1.807, 2.05) is 52.0 Å². The van der Waals surface area contributed by atoms with E-state index in [9.17, 15) is 0 Å². The number of aliphatic hydroxyl groups is 1. The molecule has 0 aliphatic carbocycles. The summed E-state index contributed by atoms with van der Waals surface area (Å²) in [6, 6.07) is 7.33. The lowest BCUT2D eigenvalue weighted by molar-refractivity contribution is 0.282. The van der Waals surface area contributed by atoms with Gasteiger partial charge in [0.05, 0.1) is 6.61 Å². The van der Waals surface area contributed by atoms with Crippen LogP contribution in [0.4, 0.5) is 4.11 Å². The summed E-state index contributed by atoms with van der Waals surface area (Å²) in [5, 5.41) is 9.81. The molecule has 0 unspecified atom stereocenters. The molecule has 1 aromatic carbocycles. The van der Waals surface area contributed by atoms with Gasteiger partial charge in [-0.2, -0.15) is 0 Å². The van der Waals surface area contributed by atoms with Gasteiger partial charge in [0, 0.05) is 0 Å². The summed E-state index contributed by atoms with van der Waals surface area (Å²) in [6.45, 7) is 7.88. The number of hydrogen-bond acceptors (Lipinski definition) is 1. The van der Waals surface area contributed by atoms with Crippen molar-refractivity contribution < 1.29 is 9.21 Å². The van der Waals surface area contributed by atoms with Crippen LogP contribution in [0.25, 0.3) is 0 Å². The maximum Gasteiger partial charge on any atom is 0.282 e. The van der Waals surface area contributed by atoms with Gasteiger partial charge in [-0.05, 0) is 21.8 Å². The van der Waals surface area contributed by atoms with Gasteiger partial charge in [-0.3, -0.25) is 0 Å². The summed E-state index contributed by atoms with van der Waals surface area (Å²) < 4.78 is 15.1. The van der Waals surface area contributed by atoms with Gasteiger partial charge < -0.3 is 9.21 Å². The van der Waals surface area contributed by atoms with Gasteiger partial charge >= 0.3 is 0 Å². The Balaban J connectivity index is 3.12. The highest BCUT2D eigenvalue weighted by atomic mass is 28.4. The molecule has 0 bridgehead atoms. The van der Waals surface area contributed by atoms with Gasteiger partial charge in [-0.1, -0.05) is 52.0 Å². The molecule has 1 rings (SSSR count). The van der Waals surface area contributed by atoms with Crippen LogP contribution in [0.15, 0.2) is 24.3 Å². The quantitative estimate of drug-likeness (QED) is 0.633. The first-order valence-corrected chi connectivity index (χ1v) is 7.85. The molecule has 3 heteroatoms. The van der Waals surface area contributed by atoms with E-state index in [1.165, 1.54) is 0 Å². The van der Waals surface area contributed by atoms with Gasteiger partial charge in [-0.25, -0.2) is 0 Å². The van der Waals surface area contributed by atoms with Crippen molar-refractivity contribution in [3.05, 3.63) is 29.8 Å². The van der Waals surface area contributed by atoms with Gasteiger partial charge in [0.15, 0.2) is 0 Å². The highest BCUT2D eigenvalue weighted by Crippen LogP contribution is 2.33. The van der Waals surface area contributed by atoms with Crippen LogP contribution >= 0.6 is 0 Å². The zero-order valence-electron chi connectivity index (χ0n) is 10.5. The lowest BCUT2D eigenvalue weighted by atomic mass is 10.2. The molecule has 0 saturated carbocycles. The molecule has 0 amide bonds. The molecular formula is C13H21FOSi. The Bertz CT molecular complexity index is 324. The molecule has 1 nitrogen and oxygen atoms in total. The SMILES string of the molecule is CC(C)[Si](F)(c1ccc(CO)cc1)C(C)C. The van der Waals surface area contributed by atoms with Gasteiger partial charge in [0.2, 0.25) is 0 Å². The van der Waals surface area contributed by atoms with Crippen LogP contribution < -0.4 is 5.19 Å². The Morgan fingerprint density at radius 3 is 1.81 bits per heavy atom. The minimum atomic E-state index is -2.90. The molecule has 0 aliphatic heterocycles. The zero-order chi connectivity index (χ0) is 12.3. The number of aliphatic hydroxyl groups excluding tert-OH is 1. The standard InChI is InChI=1S/C13H21FOSi/c1-10(2)16(14,11(3)4)13-7-5-12(9-15)6-8-13/h5-8,10-11,15H,9H2,1-4H3. The number of rotatable bonds is 4. The van der Waals surface area contributed by atoms with Crippen molar-refractivity contribution in [2.45, 2.75) is 45.4 Å². The molecule has 0 radical (unpaired) electrons. The van der Waals surface area contributed by atoms with Crippen LogP contribution in [0.5, 0.6) is 0 Å². The van der Waals surface area contributed by atoms with Gasteiger partial charge in [-0.15, -0.1) is 0 Å².